The van der Waals surface area contributed by atoms with Crippen LogP contribution in [0.15, 0.2) is 29.9 Å². The van der Waals surface area contributed by atoms with Gasteiger partial charge in [0.1, 0.15) is 17.0 Å². The summed E-state index contributed by atoms with van der Waals surface area (Å²) >= 11 is 1.40. The predicted octanol–water partition coefficient (Wildman–Crippen LogP) is 1.60. The Morgan fingerprint density at radius 1 is 1.38 bits per heavy atom. The number of amides is 1. The number of ether oxygens (including phenoxy) is 2. The van der Waals surface area contributed by atoms with Crippen LogP contribution in [0.2, 0.25) is 0 Å². The molecule has 1 N–H and O–H groups in total. The van der Waals surface area contributed by atoms with Gasteiger partial charge in [-0.1, -0.05) is 0 Å². The first-order valence-corrected chi connectivity index (χ1v) is 8.05. The summed E-state index contributed by atoms with van der Waals surface area (Å²) in [5.41, 5.74) is 1.26. The highest BCUT2D eigenvalue weighted by Gasteiger charge is 2.17. The minimum Gasteiger partial charge on any atom is -0.454 e. The van der Waals surface area contributed by atoms with Crippen LogP contribution in [0.25, 0.3) is 10.6 Å². The zero-order chi connectivity index (χ0) is 16.5. The van der Waals surface area contributed by atoms with Gasteiger partial charge in [0.2, 0.25) is 6.79 Å². The lowest BCUT2D eigenvalue weighted by atomic mass is 10.2. The third-order valence-electron chi connectivity index (χ3n) is 3.57. The molecule has 3 aromatic rings. The maximum atomic E-state index is 12.2. The average molecular weight is 343 g/mol. The molecule has 8 nitrogen and oxygen atoms in total. The lowest BCUT2D eigenvalue weighted by molar-refractivity contribution is 0.0945. The van der Waals surface area contributed by atoms with Crippen LogP contribution in [-0.2, 0) is 13.6 Å². The van der Waals surface area contributed by atoms with E-state index in [9.17, 15) is 4.79 Å². The Morgan fingerprint density at radius 2 is 2.25 bits per heavy atom. The summed E-state index contributed by atoms with van der Waals surface area (Å²) in [4.78, 5) is 16.6. The predicted molar refractivity (Wildman–Crippen MR) is 85.8 cm³/mol. The van der Waals surface area contributed by atoms with E-state index in [2.05, 4.69) is 20.5 Å². The number of rotatable bonds is 4. The molecule has 0 radical (unpaired) electrons. The van der Waals surface area contributed by atoms with Crippen LogP contribution in [0.1, 0.15) is 16.3 Å². The van der Waals surface area contributed by atoms with E-state index in [0.717, 1.165) is 16.3 Å². The number of fused-ring (bicyclic) bond motifs is 1. The minimum absolute atomic E-state index is 0.229. The fourth-order valence-corrected chi connectivity index (χ4v) is 3.05. The van der Waals surface area contributed by atoms with Gasteiger partial charge in [-0.05, 0) is 18.2 Å². The standard InChI is InChI=1S/C15H13N5O3S/c1-20-7-17-19-13(20)5-16-14(21)10-6-24-15(18-10)9-2-3-11-12(4-9)23-8-22-11/h2-4,6-7H,5,8H2,1H3,(H,16,21). The Balaban J connectivity index is 1.48. The minimum atomic E-state index is -0.249. The van der Waals surface area contributed by atoms with Crippen LogP contribution in [0.5, 0.6) is 11.5 Å². The van der Waals surface area contributed by atoms with Crippen LogP contribution >= 0.6 is 11.3 Å². The van der Waals surface area contributed by atoms with Crippen molar-refractivity contribution in [1.29, 1.82) is 0 Å². The first kappa shape index (κ1) is 14.6. The summed E-state index contributed by atoms with van der Waals surface area (Å²) in [5, 5.41) is 13.0. The van der Waals surface area contributed by atoms with Crippen molar-refractivity contribution >= 4 is 17.2 Å². The molecule has 2 aromatic heterocycles. The first-order valence-electron chi connectivity index (χ1n) is 7.17. The second-order valence-electron chi connectivity index (χ2n) is 5.15. The van der Waals surface area contributed by atoms with E-state index in [1.54, 1.807) is 16.3 Å². The van der Waals surface area contributed by atoms with Crippen LogP contribution in [0.3, 0.4) is 0 Å². The molecular weight excluding hydrogens is 330 g/mol. The smallest absolute Gasteiger partial charge is 0.271 e. The molecule has 0 fully saturated rings. The Bertz CT molecular complexity index is 904. The Kier molecular flexibility index (Phi) is 3.62. The van der Waals surface area contributed by atoms with Crippen molar-refractivity contribution in [2.24, 2.45) is 7.05 Å². The molecule has 1 aliphatic rings. The largest absolute Gasteiger partial charge is 0.454 e. The van der Waals surface area contributed by atoms with E-state index in [1.165, 1.54) is 11.3 Å². The molecule has 9 heteroatoms. The highest BCUT2D eigenvalue weighted by Crippen LogP contribution is 2.36. The van der Waals surface area contributed by atoms with Gasteiger partial charge in [-0.25, -0.2) is 4.98 Å². The monoisotopic (exact) mass is 343 g/mol. The van der Waals surface area contributed by atoms with Gasteiger partial charge in [0.05, 0.1) is 6.54 Å². The van der Waals surface area contributed by atoms with Crippen molar-refractivity contribution in [3.8, 4) is 22.1 Å². The fraction of sp³-hybridized carbons (Fsp3) is 0.200. The van der Waals surface area contributed by atoms with Gasteiger partial charge in [0.25, 0.3) is 5.91 Å². The molecule has 1 aromatic carbocycles. The first-order chi connectivity index (χ1) is 11.7. The van der Waals surface area contributed by atoms with Crippen molar-refractivity contribution in [2.75, 3.05) is 6.79 Å². The van der Waals surface area contributed by atoms with Gasteiger partial charge in [-0.15, -0.1) is 21.5 Å². The molecule has 3 heterocycles. The second-order valence-corrected chi connectivity index (χ2v) is 6.00. The Hall–Kier alpha value is -2.94. The number of aryl methyl sites for hydroxylation is 1. The molecule has 1 aliphatic heterocycles. The summed E-state index contributed by atoms with van der Waals surface area (Å²) in [7, 11) is 1.82. The molecule has 122 valence electrons. The summed E-state index contributed by atoms with van der Waals surface area (Å²) < 4.78 is 12.4. The number of nitrogens with one attached hydrogen (secondary N) is 1. The van der Waals surface area contributed by atoms with E-state index >= 15 is 0 Å². The van der Waals surface area contributed by atoms with E-state index in [1.807, 2.05) is 25.2 Å². The topological polar surface area (TPSA) is 91.2 Å². The molecule has 0 saturated carbocycles. The summed E-state index contributed by atoms with van der Waals surface area (Å²) in [6.45, 7) is 0.526. The van der Waals surface area contributed by atoms with Crippen molar-refractivity contribution in [1.82, 2.24) is 25.1 Å². The highest BCUT2D eigenvalue weighted by molar-refractivity contribution is 7.13. The molecule has 4 rings (SSSR count). The molecule has 24 heavy (non-hydrogen) atoms. The van der Waals surface area contributed by atoms with E-state index in [4.69, 9.17) is 9.47 Å². The van der Waals surface area contributed by atoms with Crippen molar-refractivity contribution < 1.29 is 14.3 Å². The molecule has 0 unspecified atom stereocenters. The molecule has 0 bridgehead atoms. The maximum absolute atomic E-state index is 12.2. The lowest BCUT2D eigenvalue weighted by Gasteiger charge is -2.02. The molecule has 0 aliphatic carbocycles. The summed E-state index contributed by atoms with van der Waals surface area (Å²) in [6.07, 6.45) is 1.59. The number of carbonyl (C=O) groups excluding carboxylic acids is 1. The van der Waals surface area contributed by atoms with Gasteiger partial charge >= 0.3 is 0 Å². The molecule has 0 atom stereocenters. The maximum Gasteiger partial charge on any atom is 0.271 e. The number of thiazole rings is 1. The zero-order valence-corrected chi connectivity index (χ0v) is 13.5. The number of aromatic nitrogens is 4. The number of carbonyl (C=O) groups is 1. The zero-order valence-electron chi connectivity index (χ0n) is 12.7. The SMILES string of the molecule is Cn1cnnc1CNC(=O)c1csc(-c2ccc3c(c2)OCO3)n1. The summed E-state index contributed by atoms with van der Waals surface area (Å²) in [5.74, 6) is 1.84. The molecule has 0 spiro atoms. The Labute approximate surface area is 141 Å². The number of hydrogen-bond donors (Lipinski definition) is 1. The van der Waals surface area contributed by atoms with Crippen LogP contribution in [-0.4, -0.2) is 32.4 Å². The van der Waals surface area contributed by atoms with Gasteiger partial charge < -0.3 is 19.4 Å². The van der Waals surface area contributed by atoms with Crippen LogP contribution in [0.4, 0.5) is 0 Å². The van der Waals surface area contributed by atoms with E-state index < -0.39 is 0 Å². The number of hydrogen-bond acceptors (Lipinski definition) is 7. The highest BCUT2D eigenvalue weighted by atomic mass is 32.1. The number of benzene rings is 1. The van der Waals surface area contributed by atoms with Crippen LogP contribution in [0, 0.1) is 0 Å². The number of nitrogens with zero attached hydrogens (tertiary/aromatic N) is 4. The average Bonchev–Trinajstić information content (AvgIpc) is 3.32. The summed E-state index contributed by atoms with van der Waals surface area (Å²) in [6, 6.07) is 5.60. The van der Waals surface area contributed by atoms with Gasteiger partial charge in [0, 0.05) is 18.0 Å². The molecule has 0 saturated heterocycles. The van der Waals surface area contributed by atoms with E-state index in [-0.39, 0.29) is 12.7 Å². The molecular formula is C15H13N5O3S. The van der Waals surface area contributed by atoms with Crippen molar-refractivity contribution in [3.05, 3.63) is 41.4 Å². The normalized spacial score (nSPS) is 12.4. The third kappa shape index (κ3) is 2.69. The third-order valence-corrected chi connectivity index (χ3v) is 4.46. The van der Waals surface area contributed by atoms with E-state index in [0.29, 0.717) is 23.8 Å². The van der Waals surface area contributed by atoms with Crippen LogP contribution < -0.4 is 14.8 Å². The molecule has 1 amide bonds. The van der Waals surface area contributed by atoms with Gasteiger partial charge in [-0.3, -0.25) is 4.79 Å². The van der Waals surface area contributed by atoms with Gasteiger partial charge in [-0.2, -0.15) is 0 Å². The van der Waals surface area contributed by atoms with Gasteiger partial charge in [0.15, 0.2) is 17.3 Å². The van der Waals surface area contributed by atoms with Crippen molar-refractivity contribution in [2.45, 2.75) is 6.54 Å². The quantitative estimate of drug-likeness (QED) is 0.774. The second kappa shape index (κ2) is 5.93. The Morgan fingerprint density at radius 3 is 3.08 bits per heavy atom. The lowest BCUT2D eigenvalue weighted by Crippen LogP contribution is -2.24. The fourth-order valence-electron chi connectivity index (χ4n) is 2.26. The van der Waals surface area contributed by atoms with Crippen molar-refractivity contribution in [3.63, 3.8) is 0 Å².